The molecule has 1 saturated heterocycles. The minimum absolute atomic E-state index is 0.00568. The summed E-state index contributed by atoms with van der Waals surface area (Å²) in [4.78, 5) is 29.3. The molecule has 25 heavy (non-hydrogen) atoms. The topological polar surface area (TPSA) is 80.1 Å². The van der Waals surface area contributed by atoms with Gasteiger partial charge in [-0.1, -0.05) is 0 Å². The molecular formula is C16H17F2N5O2. The van der Waals surface area contributed by atoms with Crippen molar-refractivity contribution in [1.82, 2.24) is 20.1 Å². The number of amides is 2. The van der Waals surface area contributed by atoms with Crippen LogP contribution in [0.25, 0.3) is 0 Å². The van der Waals surface area contributed by atoms with Crippen molar-refractivity contribution in [2.24, 2.45) is 5.92 Å². The summed E-state index contributed by atoms with van der Waals surface area (Å²) < 4.78 is 28.5. The van der Waals surface area contributed by atoms with Crippen LogP contribution in [-0.2, 0) is 16.1 Å². The molecule has 3 rings (SSSR count). The zero-order chi connectivity index (χ0) is 17.8. The van der Waals surface area contributed by atoms with Gasteiger partial charge in [0.1, 0.15) is 24.3 Å². The third kappa shape index (κ3) is 3.98. The first-order valence-electron chi connectivity index (χ1n) is 7.90. The van der Waals surface area contributed by atoms with Crippen LogP contribution in [-0.4, -0.2) is 39.7 Å². The van der Waals surface area contributed by atoms with Gasteiger partial charge >= 0.3 is 0 Å². The molecule has 1 N–H and O–H groups in total. The maximum atomic E-state index is 13.8. The van der Waals surface area contributed by atoms with E-state index in [-0.39, 0.29) is 30.5 Å². The second-order valence-electron chi connectivity index (χ2n) is 5.80. The van der Waals surface area contributed by atoms with Gasteiger partial charge in [0.25, 0.3) is 0 Å². The van der Waals surface area contributed by atoms with Gasteiger partial charge < -0.3 is 10.2 Å². The van der Waals surface area contributed by atoms with E-state index in [2.05, 4.69) is 15.4 Å². The highest BCUT2D eigenvalue weighted by atomic mass is 19.1. The van der Waals surface area contributed by atoms with Gasteiger partial charge in [-0.15, -0.1) is 0 Å². The Morgan fingerprint density at radius 1 is 1.36 bits per heavy atom. The molecule has 7 nitrogen and oxygen atoms in total. The Bertz CT molecular complexity index is 766. The molecule has 1 atom stereocenters. The highest BCUT2D eigenvalue weighted by Gasteiger charge is 2.36. The average Bonchev–Trinajstić information content (AvgIpc) is 3.21. The van der Waals surface area contributed by atoms with Gasteiger partial charge in [0.05, 0.1) is 11.6 Å². The van der Waals surface area contributed by atoms with Crippen molar-refractivity contribution in [2.75, 3.05) is 18.0 Å². The molecule has 0 aliphatic carbocycles. The van der Waals surface area contributed by atoms with Gasteiger partial charge in [-0.25, -0.2) is 13.8 Å². The number of nitrogens with one attached hydrogen (secondary N) is 1. The van der Waals surface area contributed by atoms with E-state index in [0.29, 0.717) is 19.5 Å². The largest absolute Gasteiger partial charge is 0.356 e. The van der Waals surface area contributed by atoms with E-state index in [9.17, 15) is 18.4 Å². The third-order valence-electron chi connectivity index (χ3n) is 4.03. The monoisotopic (exact) mass is 349 g/mol. The lowest BCUT2D eigenvalue weighted by atomic mass is 10.1. The zero-order valence-electron chi connectivity index (χ0n) is 13.4. The molecule has 1 fully saturated rings. The maximum absolute atomic E-state index is 13.8. The Labute approximate surface area is 142 Å². The summed E-state index contributed by atoms with van der Waals surface area (Å²) in [6.45, 7) is 1.14. The Morgan fingerprint density at radius 3 is 2.92 bits per heavy atom. The first kappa shape index (κ1) is 17.0. The molecule has 2 heterocycles. The Hall–Kier alpha value is -2.84. The number of rotatable bonds is 6. The van der Waals surface area contributed by atoms with Crippen molar-refractivity contribution < 1.29 is 18.4 Å². The van der Waals surface area contributed by atoms with Gasteiger partial charge in [-0.3, -0.25) is 14.3 Å². The fourth-order valence-electron chi connectivity index (χ4n) is 2.76. The van der Waals surface area contributed by atoms with Gasteiger partial charge in [-0.05, 0) is 18.6 Å². The minimum Gasteiger partial charge on any atom is -0.356 e. The van der Waals surface area contributed by atoms with Gasteiger partial charge in [0.2, 0.25) is 11.8 Å². The van der Waals surface area contributed by atoms with E-state index in [0.717, 1.165) is 12.1 Å². The lowest BCUT2D eigenvalue weighted by Crippen LogP contribution is -2.34. The number of carbonyl (C=O) groups is 2. The van der Waals surface area contributed by atoms with E-state index < -0.39 is 17.6 Å². The average molecular weight is 349 g/mol. The highest BCUT2D eigenvalue weighted by Crippen LogP contribution is 2.27. The van der Waals surface area contributed by atoms with Crippen LogP contribution in [0.2, 0.25) is 0 Å². The van der Waals surface area contributed by atoms with Crippen LogP contribution < -0.4 is 10.2 Å². The lowest BCUT2D eigenvalue weighted by Gasteiger charge is -2.17. The molecule has 0 bridgehead atoms. The first-order chi connectivity index (χ1) is 12.0. The SMILES string of the molecule is O=C(NCCCn1cncn1)[C@H]1CC(=O)N(c2ccc(F)cc2F)C1. The molecule has 2 amide bonds. The van der Waals surface area contributed by atoms with Crippen LogP contribution in [0.15, 0.2) is 30.9 Å². The van der Waals surface area contributed by atoms with E-state index in [1.807, 2.05) is 0 Å². The number of carbonyl (C=O) groups excluding carboxylic acids is 2. The van der Waals surface area contributed by atoms with Crippen molar-refractivity contribution in [3.8, 4) is 0 Å². The first-order valence-corrected chi connectivity index (χ1v) is 7.90. The lowest BCUT2D eigenvalue weighted by molar-refractivity contribution is -0.126. The summed E-state index contributed by atoms with van der Waals surface area (Å²) >= 11 is 0. The van der Waals surface area contributed by atoms with Crippen LogP contribution in [0, 0.1) is 17.6 Å². The van der Waals surface area contributed by atoms with Crippen molar-refractivity contribution in [3.05, 3.63) is 42.5 Å². The van der Waals surface area contributed by atoms with Crippen LogP contribution in [0.3, 0.4) is 0 Å². The van der Waals surface area contributed by atoms with Crippen LogP contribution in [0.1, 0.15) is 12.8 Å². The molecule has 0 unspecified atom stereocenters. The molecule has 2 aromatic rings. The van der Waals surface area contributed by atoms with Crippen LogP contribution >= 0.6 is 0 Å². The van der Waals surface area contributed by atoms with Crippen molar-refractivity contribution in [2.45, 2.75) is 19.4 Å². The predicted octanol–water partition coefficient (Wildman–Crippen LogP) is 1.12. The Balaban J connectivity index is 1.52. The summed E-state index contributed by atoms with van der Waals surface area (Å²) in [5, 5.41) is 6.73. The van der Waals surface area contributed by atoms with Crippen LogP contribution in [0.5, 0.6) is 0 Å². The van der Waals surface area contributed by atoms with Crippen molar-refractivity contribution in [3.63, 3.8) is 0 Å². The number of benzene rings is 1. The standard InChI is InChI=1S/C16H17F2N5O2/c17-12-2-3-14(13(18)7-12)23-8-11(6-15(23)24)16(25)20-4-1-5-22-10-19-9-21-22/h2-3,7,9-11H,1,4-6,8H2,(H,20,25)/t11-/m0/s1. The number of anilines is 1. The second kappa shape index (κ2) is 7.37. The van der Waals surface area contributed by atoms with Crippen molar-refractivity contribution in [1.29, 1.82) is 0 Å². The molecular weight excluding hydrogens is 332 g/mol. The second-order valence-corrected chi connectivity index (χ2v) is 5.80. The smallest absolute Gasteiger partial charge is 0.227 e. The zero-order valence-corrected chi connectivity index (χ0v) is 13.4. The maximum Gasteiger partial charge on any atom is 0.227 e. The Kier molecular flexibility index (Phi) is 5.01. The normalized spacial score (nSPS) is 17.1. The molecule has 9 heteroatoms. The molecule has 0 spiro atoms. The fraction of sp³-hybridized carbons (Fsp3) is 0.375. The summed E-state index contributed by atoms with van der Waals surface area (Å²) in [6.07, 6.45) is 3.70. The quantitative estimate of drug-likeness (QED) is 0.793. The molecule has 1 aliphatic rings. The highest BCUT2D eigenvalue weighted by molar-refractivity contribution is 6.00. The molecule has 0 saturated carbocycles. The van der Waals surface area contributed by atoms with E-state index >= 15 is 0 Å². The summed E-state index contributed by atoms with van der Waals surface area (Å²) in [5.74, 6) is -2.69. The molecule has 1 aliphatic heterocycles. The number of hydrogen-bond acceptors (Lipinski definition) is 4. The summed E-state index contributed by atoms with van der Waals surface area (Å²) in [6, 6.07) is 3.02. The van der Waals surface area contributed by atoms with Gasteiger partial charge in [-0.2, -0.15) is 5.10 Å². The molecule has 0 radical (unpaired) electrons. The van der Waals surface area contributed by atoms with Gasteiger partial charge in [0, 0.05) is 32.1 Å². The summed E-state index contributed by atoms with van der Waals surface area (Å²) in [7, 11) is 0. The number of hydrogen-bond donors (Lipinski definition) is 1. The van der Waals surface area contributed by atoms with E-state index in [4.69, 9.17) is 0 Å². The number of aromatic nitrogens is 3. The van der Waals surface area contributed by atoms with E-state index in [1.165, 1.54) is 17.3 Å². The fourth-order valence-corrected chi connectivity index (χ4v) is 2.76. The number of halogens is 2. The van der Waals surface area contributed by atoms with Crippen LogP contribution in [0.4, 0.5) is 14.5 Å². The molecule has 1 aromatic carbocycles. The van der Waals surface area contributed by atoms with Gasteiger partial charge in [0.15, 0.2) is 0 Å². The number of aryl methyl sites for hydroxylation is 1. The Morgan fingerprint density at radius 2 is 2.20 bits per heavy atom. The van der Waals surface area contributed by atoms with Crippen molar-refractivity contribution >= 4 is 17.5 Å². The molecule has 1 aromatic heterocycles. The minimum atomic E-state index is -0.817. The summed E-state index contributed by atoms with van der Waals surface area (Å²) in [5.41, 5.74) is -0.00659. The predicted molar refractivity (Wildman–Crippen MR) is 84.5 cm³/mol. The van der Waals surface area contributed by atoms with E-state index in [1.54, 1.807) is 11.0 Å². The number of nitrogens with zero attached hydrogens (tertiary/aromatic N) is 4. The molecule has 132 valence electrons. The third-order valence-corrected chi connectivity index (χ3v) is 4.03.